The molecule has 1 atom stereocenters. The highest BCUT2D eigenvalue weighted by Crippen LogP contribution is 2.21. The Morgan fingerprint density at radius 3 is 2.92 bits per heavy atom. The van der Waals surface area contributed by atoms with E-state index in [1.165, 1.54) is 0 Å². The molecule has 1 fully saturated rings. The van der Waals surface area contributed by atoms with Crippen LogP contribution in [0.2, 0.25) is 0 Å². The highest BCUT2D eigenvalue weighted by atomic mass is 16.5. The normalized spacial score (nSPS) is 17.7. The molecule has 2 aromatic heterocycles. The SMILES string of the molecule is CCCN1CCC(Cn2cc(C(=O)OCC)c(=O)c3cc(C)ncc32)C1. The van der Waals surface area contributed by atoms with E-state index in [4.69, 9.17) is 4.74 Å². The molecule has 6 heteroatoms. The van der Waals surface area contributed by atoms with Gasteiger partial charge in [-0.15, -0.1) is 0 Å². The van der Waals surface area contributed by atoms with E-state index in [-0.39, 0.29) is 17.6 Å². The zero-order chi connectivity index (χ0) is 18.7. The topological polar surface area (TPSA) is 64.4 Å². The molecule has 0 N–H and O–H groups in total. The fourth-order valence-corrected chi connectivity index (χ4v) is 3.76. The van der Waals surface area contributed by atoms with Crippen LogP contribution in [0.4, 0.5) is 0 Å². The predicted octanol–water partition coefficient (Wildman–Crippen LogP) is 2.61. The molecule has 1 aliphatic heterocycles. The van der Waals surface area contributed by atoms with Crippen molar-refractivity contribution in [1.29, 1.82) is 0 Å². The average molecular weight is 357 g/mol. The number of hydrogen-bond donors (Lipinski definition) is 0. The summed E-state index contributed by atoms with van der Waals surface area (Å²) in [7, 11) is 0. The van der Waals surface area contributed by atoms with Crippen LogP contribution in [0.3, 0.4) is 0 Å². The summed E-state index contributed by atoms with van der Waals surface area (Å²) in [6.45, 7) is 10.1. The molecular formula is C20H27N3O3. The van der Waals surface area contributed by atoms with Gasteiger partial charge in [-0.2, -0.15) is 0 Å². The van der Waals surface area contributed by atoms with Gasteiger partial charge in [-0.05, 0) is 51.8 Å². The molecule has 0 spiro atoms. The van der Waals surface area contributed by atoms with Crippen LogP contribution in [0.25, 0.3) is 10.9 Å². The Kier molecular flexibility index (Phi) is 5.71. The number of fused-ring (bicyclic) bond motifs is 1. The molecule has 1 unspecified atom stereocenters. The van der Waals surface area contributed by atoms with Crippen molar-refractivity contribution in [3.8, 4) is 0 Å². The van der Waals surface area contributed by atoms with E-state index < -0.39 is 5.97 Å². The number of carbonyl (C=O) groups is 1. The number of ether oxygens (including phenoxy) is 1. The molecular weight excluding hydrogens is 330 g/mol. The van der Waals surface area contributed by atoms with Crippen LogP contribution in [0.1, 0.15) is 42.7 Å². The number of aromatic nitrogens is 2. The van der Waals surface area contributed by atoms with Gasteiger partial charge in [0.05, 0.1) is 18.3 Å². The summed E-state index contributed by atoms with van der Waals surface area (Å²) in [6.07, 6.45) is 5.67. The first kappa shape index (κ1) is 18.6. The molecule has 0 saturated carbocycles. The Bertz CT molecular complexity index is 859. The van der Waals surface area contributed by atoms with E-state index in [2.05, 4.69) is 16.8 Å². The van der Waals surface area contributed by atoms with Gasteiger partial charge < -0.3 is 14.2 Å². The van der Waals surface area contributed by atoms with Gasteiger partial charge in [0.15, 0.2) is 0 Å². The van der Waals surface area contributed by atoms with E-state index >= 15 is 0 Å². The summed E-state index contributed by atoms with van der Waals surface area (Å²) >= 11 is 0. The third kappa shape index (κ3) is 3.80. The van der Waals surface area contributed by atoms with Crippen LogP contribution < -0.4 is 5.43 Å². The Morgan fingerprint density at radius 1 is 1.38 bits per heavy atom. The maximum absolute atomic E-state index is 12.8. The monoisotopic (exact) mass is 357 g/mol. The second-order valence-electron chi connectivity index (χ2n) is 7.04. The molecule has 0 aromatic carbocycles. The fourth-order valence-electron chi connectivity index (χ4n) is 3.76. The average Bonchev–Trinajstić information content (AvgIpc) is 3.05. The molecule has 0 aliphatic carbocycles. The van der Waals surface area contributed by atoms with Crippen molar-refractivity contribution in [1.82, 2.24) is 14.5 Å². The fraction of sp³-hybridized carbons (Fsp3) is 0.550. The van der Waals surface area contributed by atoms with E-state index in [0.717, 1.165) is 50.2 Å². The Hall–Kier alpha value is -2.21. The number of rotatable bonds is 6. The Morgan fingerprint density at radius 2 is 2.19 bits per heavy atom. The summed E-state index contributed by atoms with van der Waals surface area (Å²) in [5.41, 5.74) is 1.37. The maximum Gasteiger partial charge on any atom is 0.343 e. The quantitative estimate of drug-likeness (QED) is 0.744. The summed E-state index contributed by atoms with van der Waals surface area (Å²) in [6, 6.07) is 1.76. The first-order valence-corrected chi connectivity index (χ1v) is 9.42. The van der Waals surface area contributed by atoms with Crippen molar-refractivity contribution in [2.45, 2.75) is 40.2 Å². The minimum atomic E-state index is -0.554. The predicted molar refractivity (Wildman–Crippen MR) is 102 cm³/mol. The number of aryl methyl sites for hydroxylation is 1. The van der Waals surface area contributed by atoms with Crippen molar-refractivity contribution in [2.24, 2.45) is 5.92 Å². The van der Waals surface area contributed by atoms with Gasteiger partial charge >= 0.3 is 5.97 Å². The molecule has 3 heterocycles. The molecule has 6 nitrogen and oxygen atoms in total. The lowest BCUT2D eigenvalue weighted by molar-refractivity contribution is 0.0524. The number of esters is 1. The second kappa shape index (κ2) is 7.99. The minimum Gasteiger partial charge on any atom is -0.462 e. The minimum absolute atomic E-state index is 0.105. The molecule has 0 radical (unpaired) electrons. The van der Waals surface area contributed by atoms with Gasteiger partial charge in [0.1, 0.15) is 5.56 Å². The van der Waals surface area contributed by atoms with Crippen molar-refractivity contribution in [3.05, 3.63) is 39.9 Å². The smallest absolute Gasteiger partial charge is 0.343 e. The summed E-state index contributed by atoms with van der Waals surface area (Å²) in [5, 5.41) is 0.534. The highest BCUT2D eigenvalue weighted by Gasteiger charge is 2.24. The number of pyridine rings is 2. The van der Waals surface area contributed by atoms with Crippen molar-refractivity contribution in [3.63, 3.8) is 0 Å². The Balaban J connectivity index is 1.99. The number of nitrogens with zero attached hydrogens (tertiary/aromatic N) is 3. The molecule has 0 amide bonds. The molecule has 26 heavy (non-hydrogen) atoms. The zero-order valence-corrected chi connectivity index (χ0v) is 15.8. The van der Waals surface area contributed by atoms with Gasteiger partial charge in [0, 0.05) is 30.4 Å². The van der Waals surface area contributed by atoms with Crippen LogP contribution in [0.5, 0.6) is 0 Å². The summed E-state index contributed by atoms with van der Waals surface area (Å²) < 4.78 is 7.10. The number of likely N-dealkylation sites (tertiary alicyclic amines) is 1. The summed E-state index contributed by atoms with van der Waals surface area (Å²) in [5.74, 6) is -0.0507. The van der Waals surface area contributed by atoms with Gasteiger partial charge in [-0.25, -0.2) is 4.79 Å². The molecule has 1 saturated heterocycles. The highest BCUT2D eigenvalue weighted by molar-refractivity contribution is 5.93. The lowest BCUT2D eigenvalue weighted by atomic mass is 10.1. The van der Waals surface area contributed by atoms with Crippen LogP contribution in [0, 0.1) is 12.8 Å². The van der Waals surface area contributed by atoms with E-state index in [1.807, 2.05) is 11.5 Å². The number of carbonyl (C=O) groups excluding carboxylic acids is 1. The maximum atomic E-state index is 12.8. The molecule has 0 bridgehead atoms. The van der Waals surface area contributed by atoms with Crippen molar-refractivity contribution < 1.29 is 9.53 Å². The number of hydrogen-bond acceptors (Lipinski definition) is 5. The van der Waals surface area contributed by atoms with Gasteiger partial charge in [0.2, 0.25) is 5.43 Å². The van der Waals surface area contributed by atoms with Crippen LogP contribution in [-0.2, 0) is 11.3 Å². The van der Waals surface area contributed by atoms with Crippen molar-refractivity contribution >= 4 is 16.9 Å². The first-order valence-electron chi connectivity index (χ1n) is 9.42. The van der Waals surface area contributed by atoms with E-state index in [1.54, 1.807) is 25.4 Å². The molecule has 1 aliphatic rings. The first-order chi connectivity index (χ1) is 12.5. The van der Waals surface area contributed by atoms with Crippen LogP contribution in [0.15, 0.2) is 23.3 Å². The third-order valence-corrected chi connectivity index (χ3v) is 4.96. The lowest BCUT2D eigenvalue weighted by Crippen LogP contribution is -2.25. The largest absolute Gasteiger partial charge is 0.462 e. The lowest BCUT2D eigenvalue weighted by Gasteiger charge is -2.18. The Labute approximate surface area is 153 Å². The van der Waals surface area contributed by atoms with Crippen molar-refractivity contribution in [2.75, 3.05) is 26.2 Å². The molecule has 3 rings (SSSR count). The van der Waals surface area contributed by atoms with Gasteiger partial charge in [0.25, 0.3) is 0 Å². The van der Waals surface area contributed by atoms with Crippen LogP contribution in [-0.4, -0.2) is 46.7 Å². The third-order valence-electron chi connectivity index (χ3n) is 4.96. The van der Waals surface area contributed by atoms with Gasteiger partial charge in [-0.3, -0.25) is 9.78 Å². The van der Waals surface area contributed by atoms with E-state index in [9.17, 15) is 9.59 Å². The van der Waals surface area contributed by atoms with Crippen LogP contribution >= 0.6 is 0 Å². The molecule has 140 valence electrons. The summed E-state index contributed by atoms with van der Waals surface area (Å²) in [4.78, 5) is 31.9. The molecule has 2 aromatic rings. The zero-order valence-electron chi connectivity index (χ0n) is 15.8. The van der Waals surface area contributed by atoms with Gasteiger partial charge in [-0.1, -0.05) is 6.92 Å². The second-order valence-corrected chi connectivity index (χ2v) is 7.04. The standard InChI is InChI=1S/C20H27N3O3/c1-4-7-22-8-6-15(11-22)12-23-13-17(20(25)26-5-2)19(24)16-9-14(3)21-10-18(16)23/h9-10,13,15H,4-8,11-12H2,1-3H3. The van der Waals surface area contributed by atoms with E-state index in [0.29, 0.717) is 11.3 Å².